The lowest BCUT2D eigenvalue weighted by Gasteiger charge is -2.31. The first-order valence-electron chi connectivity index (χ1n) is 9.59. The Morgan fingerprint density at radius 2 is 2.04 bits per heavy atom. The van der Waals surface area contributed by atoms with E-state index >= 15 is 0 Å². The fraction of sp³-hybridized carbons (Fsp3) is 0.364. The first-order valence-corrected chi connectivity index (χ1v) is 10.4. The topological polar surface area (TPSA) is 42.4 Å². The van der Waals surface area contributed by atoms with Gasteiger partial charge in [-0.1, -0.05) is 18.2 Å². The van der Waals surface area contributed by atoms with Crippen molar-refractivity contribution in [2.45, 2.75) is 31.6 Å². The maximum absolute atomic E-state index is 13.8. The predicted octanol–water partition coefficient (Wildman–Crippen LogP) is 4.78. The Balaban J connectivity index is 1.30. The summed E-state index contributed by atoms with van der Waals surface area (Å²) in [5, 5.41) is 1.18. The van der Waals surface area contributed by atoms with Crippen LogP contribution in [0.4, 0.5) is 4.39 Å². The Bertz CT molecular complexity index is 947. The Morgan fingerprint density at radius 1 is 1.25 bits per heavy atom. The third-order valence-electron chi connectivity index (χ3n) is 5.35. The summed E-state index contributed by atoms with van der Waals surface area (Å²) in [7, 11) is 1.44. The Labute approximate surface area is 168 Å². The smallest absolute Gasteiger partial charge is 0.222 e. The zero-order valence-corrected chi connectivity index (χ0v) is 16.7. The van der Waals surface area contributed by atoms with Crippen LogP contribution in [0.15, 0.2) is 42.5 Å². The Morgan fingerprint density at radius 3 is 2.75 bits per heavy atom. The summed E-state index contributed by atoms with van der Waals surface area (Å²) in [5.74, 6) is 0.409. The second-order valence-corrected chi connectivity index (χ2v) is 8.21. The number of para-hydroxylation sites is 1. The summed E-state index contributed by atoms with van der Waals surface area (Å²) in [6.45, 7) is 1.52. The van der Waals surface area contributed by atoms with Gasteiger partial charge in [-0.15, -0.1) is 11.3 Å². The Kier molecular flexibility index (Phi) is 5.57. The number of methoxy groups -OCH3 is 1. The zero-order valence-electron chi connectivity index (χ0n) is 15.9. The molecule has 1 fully saturated rings. The first-order chi connectivity index (χ1) is 13.6. The van der Waals surface area contributed by atoms with Crippen LogP contribution in [0.2, 0.25) is 0 Å². The van der Waals surface area contributed by atoms with E-state index in [4.69, 9.17) is 9.72 Å². The van der Waals surface area contributed by atoms with Crippen molar-refractivity contribution in [3.05, 3.63) is 58.9 Å². The number of rotatable bonds is 5. The molecular weight excluding hydrogens is 375 g/mol. The molecule has 0 atom stereocenters. The average molecular weight is 399 g/mol. The van der Waals surface area contributed by atoms with Crippen LogP contribution < -0.4 is 4.74 Å². The number of benzene rings is 2. The molecule has 0 aliphatic carbocycles. The van der Waals surface area contributed by atoms with Crippen LogP contribution in [-0.4, -0.2) is 36.0 Å². The van der Waals surface area contributed by atoms with Crippen LogP contribution in [0.25, 0.3) is 10.2 Å². The zero-order chi connectivity index (χ0) is 19.5. The summed E-state index contributed by atoms with van der Waals surface area (Å²) < 4.78 is 19.9. The number of carbonyl (C=O) groups excluding carboxylic acids is 1. The van der Waals surface area contributed by atoms with Crippen LogP contribution in [0, 0.1) is 5.82 Å². The molecule has 0 N–H and O–H groups in total. The number of hydrogen-bond acceptors (Lipinski definition) is 4. The number of amides is 1. The van der Waals surface area contributed by atoms with E-state index in [-0.39, 0.29) is 17.5 Å². The maximum atomic E-state index is 13.8. The van der Waals surface area contributed by atoms with Crippen molar-refractivity contribution in [3.8, 4) is 5.75 Å². The van der Waals surface area contributed by atoms with E-state index in [9.17, 15) is 9.18 Å². The number of aromatic nitrogens is 1. The molecule has 2 heterocycles. The van der Waals surface area contributed by atoms with Crippen molar-refractivity contribution in [3.63, 3.8) is 0 Å². The highest BCUT2D eigenvalue weighted by atomic mass is 32.1. The van der Waals surface area contributed by atoms with Crippen molar-refractivity contribution in [1.29, 1.82) is 0 Å². The molecule has 1 aliphatic rings. The van der Waals surface area contributed by atoms with E-state index in [0.717, 1.165) is 37.0 Å². The minimum atomic E-state index is -0.385. The largest absolute Gasteiger partial charge is 0.494 e. The van der Waals surface area contributed by atoms with Gasteiger partial charge >= 0.3 is 0 Å². The van der Waals surface area contributed by atoms with Crippen LogP contribution in [0.5, 0.6) is 5.75 Å². The summed E-state index contributed by atoms with van der Waals surface area (Å²) in [6.07, 6.45) is 2.83. The molecule has 1 saturated heterocycles. The normalized spacial score (nSPS) is 15.1. The van der Waals surface area contributed by atoms with Gasteiger partial charge in [0.15, 0.2) is 11.6 Å². The molecule has 1 aliphatic heterocycles. The van der Waals surface area contributed by atoms with Gasteiger partial charge in [0.1, 0.15) is 0 Å². The quantitative estimate of drug-likeness (QED) is 0.621. The standard InChI is InChI=1S/C22H23FN2O2S/c1-27-19-8-6-15(14-17(19)23)7-9-21(26)25-12-10-16(11-13-25)22-24-18-4-2-3-5-20(18)28-22/h2-6,8,14,16H,7,9-13H2,1H3. The monoisotopic (exact) mass is 398 g/mol. The van der Waals surface area contributed by atoms with Gasteiger partial charge in [0, 0.05) is 25.4 Å². The van der Waals surface area contributed by atoms with Gasteiger partial charge in [-0.25, -0.2) is 9.37 Å². The van der Waals surface area contributed by atoms with Crippen molar-refractivity contribution in [1.82, 2.24) is 9.88 Å². The second kappa shape index (κ2) is 8.27. The summed E-state index contributed by atoms with van der Waals surface area (Å²) in [4.78, 5) is 19.3. The van der Waals surface area contributed by atoms with Crippen LogP contribution in [-0.2, 0) is 11.2 Å². The molecule has 0 bridgehead atoms. The fourth-order valence-corrected chi connectivity index (χ4v) is 4.85. The van der Waals surface area contributed by atoms with Gasteiger partial charge in [-0.05, 0) is 49.1 Å². The molecule has 1 amide bonds. The SMILES string of the molecule is COc1ccc(CCC(=O)N2CCC(c3nc4ccccc4s3)CC2)cc1F. The third kappa shape index (κ3) is 4.02. The third-order valence-corrected chi connectivity index (χ3v) is 6.55. The molecule has 28 heavy (non-hydrogen) atoms. The summed E-state index contributed by atoms with van der Waals surface area (Å²) in [5.41, 5.74) is 1.88. The number of nitrogens with zero attached hydrogens (tertiary/aromatic N) is 2. The molecule has 1 aromatic heterocycles. The van der Waals surface area contributed by atoms with Crippen LogP contribution >= 0.6 is 11.3 Å². The van der Waals surface area contributed by atoms with Crippen LogP contribution in [0.3, 0.4) is 0 Å². The van der Waals surface area contributed by atoms with Gasteiger partial charge in [0.05, 0.1) is 22.3 Å². The molecule has 4 nitrogen and oxygen atoms in total. The number of piperidine rings is 1. The van der Waals surface area contributed by atoms with Gasteiger partial charge < -0.3 is 9.64 Å². The average Bonchev–Trinajstić information content (AvgIpc) is 3.16. The fourth-order valence-electron chi connectivity index (χ4n) is 3.72. The Hall–Kier alpha value is -2.47. The van der Waals surface area contributed by atoms with Gasteiger partial charge in [-0.2, -0.15) is 0 Å². The molecule has 6 heteroatoms. The van der Waals surface area contributed by atoms with Crippen molar-refractivity contribution in [2.75, 3.05) is 20.2 Å². The van der Waals surface area contributed by atoms with Crippen LogP contribution in [0.1, 0.15) is 35.8 Å². The van der Waals surface area contributed by atoms with Crippen molar-refractivity contribution < 1.29 is 13.9 Å². The van der Waals surface area contributed by atoms with E-state index in [0.29, 0.717) is 18.8 Å². The van der Waals surface area contributed by atoms with E-state index < -0.39 is 0 Å². The first kappa shape index (κ1) is 18.9. The molecule has 0 spiro atoms. The highest BCUT2D eigenvalue weighted by Gasteiger charge is 2.25. The molecular formula is C22H23FN2O2S. The summed E-state index contributed by atoms with van der Waals surface area (Å²) >= 11 is 1.76. The van der Waals surface area contributed by atoms with Crippen molar-refractivity contribution in [2.24, 2.45) is 0 Å². The highest BCUT2D eigenvalue weighted by Crippen LogP contribution is 2.34. The van der Waals surface area contributed by atoms with Gasteiger partial charge in [-0.3, -0.25) is 4.79 Å². The molecule has 0 unspecified atom stereocenters. The number of halogens is 1. The molecule has 2 aromatic carbocycles. The summed E-state index contributed by atoms with van der Waals surface area (Å²) in [6, 6.07) is 13.1. The molecule has 3 aromatic rings. The van der Waals surface area contributed by atoms with Crippen molar-refractivity contribution >= 4 is 27.5 Å². The number of hydrogen-bond donors (Lipinski definition) is 0. The number of likely N-dealkylation sites (tertiary alicyclic amines) is 1. The molecule has 4 rings (SSSR count). The number of carbonyl (C=O) groups is 1. The molecule has 0 saturated carbocycles. The maximum Gasteiger partial charge on any atom is 0.222 e. The van der Waals surface area contributed by atoms with E-state index in [1.54, 1.807) is 17.4 Å². The van der Waals surface area contributed by atoms with E-state index in [2.05, 4.69) is 12.1 Å². The van der Waals surface area contributed by atoms with Gasteiger partial charge in [0.2, 0.25) is 5.91 Å². The van der Waals surface area contributed by atoms with Gasteiger partial charge in [0.25, 0.3) is 0 Å². The number of thiazole rings is 1. The predicted molar refractivity (Wildman–Crippen MR) is 109 cm³/mol. The minimum absolute atomic E-state index is 0.138. The lowest BCUT2D eigenvalue weighted by atomic mass is 9.97. The van der Waals surface area contributed by atoms with E-state index in [1.807, 2.05) is 23.1 Å². The van der Waals surface area contributed by atoms with E-state index in [1.165, 1.54) is 22.9 Å². The minimum Gasteiger partial charge on any atom is -0.494 e. The molecule has 146 valence electrons. The lowest BCUT2D eigenvalue weighted by molar-refractivity contribution is -0.132. The number of ether oxygens (including phenoxy) is 1. The number of aryl methyl sites for hydroxylation is 1. The second-order valence-electron chi connectivity index (χ2n) is 7.14. The number of fused-ring (bicyclic) bond motifs is 1. The highest BCUT2D eigenvalue weighted by molar-refractivity contribution is 7.18. The molecule has 0 radical (unpaired) electrons. The lowest BCUT2D eigenvalue weighted by Crippen LogP contribution is -2.38.